The number of aryl methyl sites for hydroxylation is 1. The van der Waals surface area contributed by atoms with E-state index in [9.17, 15) is 4.79 Å². The second kappa shape index (κ2) is 9.29. The van der Waals surface area contributed by atoms with Gasteiger partial charge >= 0.3 is 0 Å². The van der Waals surface area contributed by atoms with Crippen molar-refractivity contribution in [2.75, 3.05) is 18.6 Å². The molecule has 6 heteroatoms. The smallest absolute Gasteiger partial charge is 0.241 e. The van der Waals surface area contributed by atoms with Crippen LogP contribution in [0, 0.1) is 13.8 Å². The lowest BCUT2D eigenvalue weighted by Crippen LogP contribution is -2.39. The second-order valence-corrected chi connectivity index (χ2v) is 8.09. The fourth-order valence-electron chi connectivity index (χ4n) is 3.26. The highest BCUT2D eigenvalue weighted by Gasteiger charge is 2.21. The van der Waals surface area contributed by atoms with Crippen molar-refractivity contribution in [2.24, 2.45) is 0 Å². The minimum Gasteiger partial charge on any atom is -0.325 e. The predicted octanol–water partition coefficient (Wildman–Crippen LogP) is 4.67. The molecule has 1 N–H and O–H groups in total. The Hall–Kier alpha value is -2.57. The Labute approximate surface area is 177 Å². The third-order valence-corrected chi connectivity index (χ3v) is 5.95. The standard InChI is InChI=1S/C23H28N4OS/c1-16-22(17(2)27(25-16)20-11-7-6-8-12-20)15-26(4)18(3)23(28)24-19-10-9-13-21(14-19)29-5/h6-14,18H,15H2,1-5H3,(H,24,28). The summed E-state index contributed by atoms with van der Waals surface area (Å²) in [4.78, 5) is 15.9. The van der Waals surface area contributed by atoms with E-state index < -0.39 is 0 Å². The maximum atomic E-state index is 12.8. The molecule has 0 aliphatic rings. The van der Waals surface area contributed by atoms with Gasteiger partial charge in [-0.2, -0.15) is 5.10 Å². The topological polar surface area (TPSA) is 50.2 Å². The largest absolute Gasteiger partial charge is 0.325 e. The van der Waals surface area contributed by atoms with Crippen molar-refractivity contribution in [3.63, 3.8) is 0 Å². The molecule has 0 spiro atoms. The van der Waals surface area contributed by atoms with Gasteiger partial charge in [0.15, 0.2) is 0 Å². The van der Waals surface area contributed by atoms with E-state index in [4.69, 9.17) is 5.10 Å². The number of likely N-dealkylation sites (N-methyl/N-ethyl adjacent to an activating group) is 1. The third-order valence-electron chi connectivity index (χ3n) is 5.23. The van der Waals surface area contributed by atoms with Crippen molar-refractivity contribution in [1.82, 2.24) is 14.7 Å². The first-order chi connectivity index (χ1) is 13.9. The van der Waals surface area contributed by atoms with Crippen LogP contribution in [0.25, 0.3) is 5.69 Å². The van der Waals surface area contributed by atoms with Crippen molar-refractivity contribution in [1.29, 1.82) is 0 Å². The SMILES string of the molecule is CSc1cccc(NC(=O)C(C)N(C)Cc2c(C)nn(-c3ccccc3)c2C)c1. The summed E-state index contributed by atoms with van der Waals surface area (Å²) in [6.07, 6.45) is 2.03. The molecule has 0 aliphatic heterocycles. The number of thioether (sulfide) groups is 1. The second-order valence-electron chi connectivity index (χ2n) is 7.21. The summed E-state index contributed by atoms with van der Waals surface area (Å²) in [5, 5.41) is 7.74. The summed E-state index contributed by atoms with van der Waals surface area (Å²) in [6.45, 7) is 6.69. The average Bonchev–Trinajstić information content (AvgIpc) is 3.02. The lowest BCUT2D eigenvalue weighted by atomic mass is 10.1. The summed E-state index contributed by atoms with van der Waals surface area (Å²) in [7, 11) is 1.97. The number of hydrogen-bond acceptors (Lipinski definition) is 4. The Bertz CT molecular complexity index is 984. The van der Waals surface area contributed by atoms with Crippen LogP contribution in [0.5, 0.6) is 0 Å². The molecule has 152 valence electrons. The number of para-hydroxylation sites is 1. The van der Waals surface area contributed by atoms with Crippen LogP contribution in [0.1, 0.15) is 23.9 Å². The van der Waals surface area contributed by atoms with Crippen LogP contribution in [0.4, 0.5) is 5.69 Å². The number of rotatable bonds is 7. The summed E-state index contributed by atoms with van der Waals surface area (Å²) in [6, 6.07) is 17.7. The Morgan fingerprint density at radius 1 is 1.17 bits per heavy atom. The number of anilines is 1. The zero-order valence-electron chi connectivity index (χ0n) is 17.6. The minimum atomic E-state index is -0.271. The van der Waals surface area contributed by atoms with Gasteiger partial charge in [0.1, 0.15) is 0 Å². The molecule has 5 nitrogen and oxygen atoms in total. The maximum Gasteiger partial charge on any atom is 0.241 e. The molecular weight excluding hydrogens is 380 g/mol. The number of carbonyl (C=O) groups is 1. The highest BCUT2D eigenvalue weighted by Crippen LogP contribution is 2.21. The van der Waals surface area contributed by atoms with Crippen molar-refractivity contribution in [2.45, 2.75) is 38.3 Å². The molecule has 29 heavy (non-hydrogen) atoms. The van der Waals surface area contributed by atoms with E-state index in [1.807, 2.05) is 86.4 Å². The number of benzene rings is 2. The Kier molecular flexibility index (Phi) is 6.77. The normalized spacial score (nSPS) is 12.2. The molecule has 1 amide bonds. The molecule has 0 bridgehead atoms. The molecule has 0 fully saturated rings. The number of nitrogens with one attached hydrogen (secondary N) is 1. The first-order valence-electron chi connectivity index (χ1n) is 9.66. The van der Waals surface area contributed by atoms with E-state index in [1.54, 1.807) is 11.8 Å². The number of nitrogens with zero attached hydrogens (tertiary/aromatic N) is 3. The molecule has 3 aromatic rings. The molecule has 1 unspecified atom stereocenters. The van der Waals surface area contributed by atoms with Gasteiger partial charge in [-0.05, 0) is 64.4 Å². The van der Waals surface area contributed by atoms with Gasteiger partial charge in [0.2, 0.25) is 5.91 Å². The van der Waals surface area contributed by atoms with Crippen LogP contribution < -0.4 is 5.32 Å². The van der Waals surface area contributed by atoms with Crippen LogP contribution >= 0.6 is 11.8 Å². The molecule has 0 aliphatic carbocycles. The van der Waals surface area contributed by atoms with Gasteiger partial charge < -0.3 is 5.32 Å². The van der Waals surface area contributed by atoms with Crippen LogP contribution in [0.3, 0.4) is 0 Å². The molecule has 0 radical (unpaired) electrons. The quantitative estimate of drug-likeness (QED) is 0.577. The van der Waals surface area contributed by atoms with Crippen molar-refractivity contribution >= 4 is 23.4 Å². The first kappa shape index (κ1) is 21.1. The monoisotopic (exact) mass is 408 g/mol. The van der Waals surface area contributed by atoms with Gasteiger partial charge in [0, 0.05) is 28.4 Å². The van der Waals surface area contributed by atoms with Crippen molar-refractivity contribution in [3.05, 3.63) is 71.5 Å². The lowest BCUT2D eigenvalue weighted by molar-refractivity contribution is -0.120. The highest BCUT2D eigenvalue weighted by molar-refractivity contribution is 7.98. The Balaban J connectivity index is 1.71. The summed E-state index contributed by atoms with van der Waals surface area (Å²) < 4.78 is 1.97. The third kappa shape index (κ3) is 4.89. The maximum absolute atomic E-state index is 12.8. The lowest BCUT2D eigenvalue weighted by Gasteiger charge is -2.24. The van der Waals surface area contributed by atoms with Gasteiger partial charge in [0.25, 0.3) is 0 Å². The van der Waals surface area contributed by atoms with E-state index in [0.717, 1.165) is 33.2 Å². The minimum absolute atomic E-state index is 0.0171. The number of aromatic nitrogens is 2. The highest BCUT2D eigenvalue weighted by atomic mass is 32.2. The Morgan fingerprint density at radius 3 is 2.59 bits per heavy atom. The van der Waals surface area contributed by atoms with Crippen LogP contribution in [-0.2, 0) is 11.3 Å². The van der Waals surface area contributed by atoms with Gasteiger partial charge in [-0.15, -0.1) is 11.8 Å². The molecule has 1 atom stereocenters. The molecule has 3 rings (SSSR count). The molecule has 0 saturated carbocycles. The number of carbonyl (C=O) groups excluding carboxylic acids is 1. The zero-order chi connectivity index (χ0) is 21.0. The number of hydrogen-bond donors (Lipinski definition) is 1. The average molecular weight is 409 g/mol. The molecule has 0 saturated heterocycles. The molecule has 1 heterocycles. The van der Waals surface area contributed by atoms with E-state index in [0.29, 0.717) is 6.54 Å². The van der Waals surface area contributed by atoms with E-state index >= 15 is 0 Å². The predicted molar refractivity (Wildman–Crippen MR) is 121 cm³/mol. The van der Waals surface area contributed by atoms with E-state index in [1.165, 1.54) is 0 Å². The number of amides is 1. The van der Waals surface area contributed by atoms with Crippen molar-refractivity contribution < 1.29 is 4.79 Å². The van der Waals surface area contributed by atoms with Crippen LogP contribution in [0.2, 0.25) is 0 Å². The van der Waals surface area contributed by atoms with Crippen molar-refractivity contribution in [3.8, 4) is 5.69 Å². The molecular formula is C23H28N4OS. The molecule has 2 aromatic carbocycles. The zero-order valence-corrected chi connectivity index (χ0v) is 18.5. The van der Waals surface area contributed by atoms with Crippen LogP contribution in [-0.4, -0.2) is 39.9 Å². The van der Waals surface area contributed by atoms with Gasteiger partial charge in [-0.1, -0.05) is 24.3 Å². The fraction of sp³-hybridized carbons (Fsp3) is 0.304. The van der Waals surface area contributed by atoms with Gasteiger partial charge in [-0.25, -0.2) is 4.68 Å². The molecule has 1 aromatic heterocycles. The Morgan fingerprint density at radius 2 is 1.90 bits per heavy atom. The van der Waals surface area contributed by atoms with Gasteiger partial charge in [-0.3, -0.25) is 9.69 Å². The summed E-state index contributed by atoms with van der Waals surface area (Å²) in [5.74, 6) is -0.0171. The van der Waals surface area contributed by atoms with Gasteiger partial charge in [0.05, 0.1) is 17.4 Å². The first-order valence-corrected chi connectivity index (χ1v) is 10.9. The van der Waals surface area contributed by atoms with Crippen LogP contribution in [0.15, 0.2) is 59.5 Å². The fourth-order valence-corrected chi connectivity index (χ4v) is 3.72. The van der Waals surface area contributed by atoms with E-state index in [-0.39, 0.29) is 11.9 Å². The summed E-state index contributed by atoms with van der Waals surface area (Å²) in [5.41, 5.74) is 5.10. The summed E-state index contributed by atoms with van der Waals surface area (Å²) >= 11 is 1.66. The van der Waals surface area contributed by atoms with E-state index in [2.05, 4.69) is 17.1 Å².